The van der Waals surface area contributed by atoms with E-state index in [1.54, 1.807) is 30.3 Å². The van der Waals surface area contributed by atoms with E-state index in [2.05, 4.69) is 20.8 Å². The summed E-state index contributed by atoms with van der Waals surface area (Å²) in [7, 11) is 0. The molecule has 0 saturated heterocycles. The van der Waals surface area contributed by atoms with Crippen molar-refractivity contribution in [2.75, 3.05) is 0 Å². The first-order chi connectivity index (χ1) is 16.9. The lowest BCUT2D eigenvalue weighted by Gasteiger charge is -2.03. The average Bonchev–Trinajstić information content (AvgIpc) is 2.86. The van der Waals surface area contributed by atoms with Crippen LogP contribution in [0.5, 0.6) is 0 Å². The second kappa shape index (κ2) is 12.5. The van der Waals surface area contributed by atoms with Gasteiger partial charge in [-0.15, -0.1) is 10.2 Å². The minimum atomic E-state index is -0.537. The topological polar surface area (TPSA) is 135 Å². The molecule has 0 saturated carbocycles. The SMILES string of the molecule is NC(=NN=C(N)NC(=O)C=Cc1ccccc1Cl)NC(=O)C=Cc1cccc(-c2ccccc2)c1. The van der Waals surface area contributed by atoms with Crippen molar-refractivity contribution in [3.8, 4) is 11.1 Å². The van der Waals surface area contributed by atoms with Gasteiger partial charge < -0.3 is 11.5 Å². The molecule has 3 rings (SSSR count). The molecular formula is C26H23ClN6O2. The van der Waals surface area contributed by atoms with Crippen LogP contribution in [0.1, 0.15) is 11.1 Å². The van der Waals surface area contributed by atoms with Crippen LogP contribution < -0.4 is 22.1 Å². The molecule has 0 bridgehead atoms. The van der Waals surface area contributed by atoms with Gasteiger partial charge in [-0.1, -0.05) is 78.3 Å². The molecule has 0 unspecified atom stereocenters. The Morgan fingerprint density at radius 3 is 1.94 bits per heavy atom. The molecular weight excluding hydrogens is 464 g/mol. The molecule has 0 aromatic heterocycles. The first-order valence-corrected chi connectivity index (χ1v) is 10.8. The summed E-state index contributed by atoms with van der Waals surface area (Å²) >= 11 is 6.03. The zero-order valence-corrected chi connectivity index (χ0v) is 19.3. The number of guanidine groups is 2. The molecule has 3 aromatic rings. The van der Waals surface area contributed by atoms with Gasteiger partial charge in [-0.05, 0) is 46.5 Å². The monoisotopic (exact) mass is 486 g/mol. The van der Waals surface area contributed by atoms with Crippen LogP contribution in [0.4, 0.5) is 0 Å². The highest BCUT2D eigenvalue weighted by Gasteiger charge is 2.02. The maximum absolute atomic E-state index is 12.1. The van der Waals surface area contributed by atoms with Crippen molar-refractivity contribution in [2.24, 2.45) is 21.7 Å². The average molecular weight is 487 g/mol. The summed E-state index contributed by atoms with van der Waals surface area (Å²) in [5.74, 6) is -1.63. The third kappa shape index (κ3) is 8.30. The Hall–Kier alpha value is -4.69. The molecule has 0 aliphatic rings. The van der Waals surface area contributed by atoms with Crippen LogP contribution in [0, 0.1) is 0 Å². The molecule has 35 heavy (non-hydrogen) atoms. The molecule has 8 nitrogen and oxygen atoms in total. The molecule has 0 aliphatic carbocycles. The number of amides is 2. The van der Waals surface area contributed by atoms with Crippen LogP contribution in [0.15, 0.2) is 101 Å². The van der Waals surface area contributed by atoms with E-state index in [4.69, 9.17) is 23.1 Å². The van der Waals surface area contributed by atoms with Gasteiger partial charge >= 0.3 is 0 Å². The van der Waals surface area contributed by atoms with Gasteiger partial charge in [0.2, 0.25) is 11.9 Å². The summed E-state index contributed by atoms with van der Waals surface area (Å²) in [4.78, 5) is 24.1. The summed E-state index contributed by atoms with van der Waals surface area (Å²) in [5.41, 5.74) is 14.9. The number of rotatable bonds is 6. The number of nitrogens with one attached hydrogen (secondary N) is 2. The van der Waals surface area contributed by atoms with Crippen LogP contribution in [0.2, 0.25) is 5.02 Å². The van der Waals surface area contributed by atoms with E-state index in [0.29, 0.717) is 10.6 Å². The minimum absolute atomic E-state index is 0.290. The van der Waals surface area contributed by atoms with Gasteiger partial charge in [0.05, 0.1) is 0 Å². The Morgan fingerprint density at radius 2 is 1.29 bits per heavy atom. The fraction of sp³-hybridized carbons (Fsp3) is 0. The molecule has 0 fully saturated rings. The molecule has 0 heterocycles. The lowest BCUT2D eigenvalue weighted by Crippen LogP contribution is -2.37. The van der Waals surface area contributed by atoms with Crippen LogP contribution in [-0.2, 0) is 9.59 Å². The normalized spacial score (nSPS) is 12.1. The Kier molecular flexibility index (Phi) is 8.92. The molecule has 0 radical (unpaired) electrons. The number of carbonyl (C=O) groups is 2. The van der Waals surface area contributed by atoms with Crippen molar-refractivity contribution in [1.29, 1.82) is 0 Å². The van der Waals surface area contributed by atoms with Crippen molar-refractivity contribution in [3.05, 3.63) is 107 Å². The Balaban J connectivity index is 1.53. The largest absolute Gasteiger partial charge is 0.368 e. The van der Waals surface area contributed by atoms with E-state index in [1.807, 2.05) is 54.6 Å². The van der Waals surface area contributed by atoms with Crippen LogP contribution in [0.25, 0.3) is 23.3 Å². The van der Waals surface area contributed by atoms with Gasteiger partial charge in [0, 0.05) is 17.2 Å². The van der Waals surface area contributed by atoms with Gasteiger partial charge in [0.25, 0.3) is 11.8 Å². The Bertz CT molecular complexity index is 1320. The Labute approximate surface area is 207 Å². The van der Waals surface area contributed by atoms with Crippen LogP contribution >= 0.6 is 11.6 Å². The van der Waals surface area contributed by atoms with Crippen molar-refractivity contribution in [1.82, 2.24) is 10.6 Å². The van der Waals surface area contributed by atoms with E-state index >= 15 is 0 Å². The molecule has 0 atom stereocenters. The number of hydrogen-bond donors (Lipinski definition) is 4. The molecule has 2 amide bonds. The molecule has 9 heteroatoms. The quantitative estimate of drug-likeness (QED) is 0.183. The molecule has 0 spiro atoms. The van der Waals surface area contributed by atoms with Crippen molar-refractivity contribution in [2.45, 2.75) is 0 Å². The number of halogens is 1. The molecule has 6 N–H and O–H groups in total. The van der Waals surface area contributed by atoms with E-state index in [9.17, 15) is 9.59 Å². The van der Waals surface area contributed by atoms with E-state index in [-0.39, 0.29) is 11.9 Å². The van der Waals surface area contributed by atoms with Crippen molar-refractivity contribution in [3.63, 3.8) is 0 Å². The summed E-state index contributed by atoms with van der Waals surface area (Å²) in [5, 5.41) is 12.3. The lowest BCUT2D eigenvalue weighted by atomic mass is 10.0. The standard InChI is InChI=1S/C26H23ClN6O2/c27-22-12-5-4-10-20(22)14-16-24(35)31-26(29)33-32-25(28)30-23(34)15-13-18-7-6-11-21(17-18)19-8-2-1-3-9-19/h1-17H,(H3,28,30,32,34)(H3,29,31,33,35). The minimum Gasteiger partial charge on any atom is -0.368 e. The number of nitrogens with zero attached hydrogens (tertiary/aromatic N) is 2. The maximum atomic E-state index is 12.1. The smallest absolute Gasteiger partial charge is 0.250 e. The third-order valence-electron chi connectivity index (χ3n) is 4.51. The lowest BCUT2D eigenvalue weighted by molar-refractivity contribution is -0.116. The highest BCUT2D eigenvalue weighted by atomic mass is 35.5. The molecule has 3 aromatic carbocycles. The summed E-state index contributed by atoms with van der Waals surface area (Å²) < 4.78 is 0. The van der Waals surface area contributed by atoms with E-state index < -0.39 is 11.8 Å². The van der Waals surface area contributed by atoms with Gasteiger partial charge in [-0.3, -0.25) is 20.2 Å². The number of hydrogen-bond acceptors (Lipinski definition) is 4. The number of carbonyl (C=O) groups excluding carboxylic acids is 2. The zero-order chi connectivity index (χ0) is 25.0. The second-order valence-electron chi connectivity index (χ2n) is 7.13. The second-order valence-corrected chi connectivity index (χ2v) is 7.54. The van der Waals surface area contributed by atoms with Crippen LogP contribution in [-0.4, -0.2) is 23.7 Å². The van der Waals surface area contributed by atoms with Gasteiger partial charge in [0.1, 0.15) is 0 Å². The maximum Gasteiger partial charge on any atom is 0.250 e. The molecule has 0 aliphatic heterocycles. The predicted molar refractivity (Wildman–Crippen MR) is 141 cm³/mol. The fourth-order valence-corrected chi connectivity index (χ4v) is 3.09. The van der Waals surface area contributed by atoms with Gasteiger partial charge in [-0.2, -0.15) is 0 Å². The highest BCUT2D eigenvalue weighted by Crippen LogP contribution is 2.20. The van der Waals surface area contributed by atoms with Crippen molar-refractivity contribution >= 4 is 47.5 Å². The third-order valence-corrected chi connectivity index (χ3v) is 4.85. The van der Waals surface area contributed by atoms with Gasteiger partial charge in [0.15, 0.2) is 0 Å². The summed E-state index contributed by atoms with van der Waals surface area (Å²) in [6.45, 7) is 0. The van der Waals surface area contributed by atoms with E-state index in [0.717, 1.165) is 16.7 Å². The number of nitrogens with two attached hydrogens (primary N) is 2. The predicted octanol–water partition coefficient (Wildman–Crippen LogP) is 3.51. The first-order valence-electron chi connectivity index (χ1n) is 10.5. The van der Waals surface area contributed by atoms with Crippen LogP contribution in [0.3, 0.4) is 0 Å². The van der Waals surface area contributed by atoms with Crippen molar-refractivity contribution < 1.29 is 9.59 Å². The summed E-state index contributed by atoms with van der Waals surface area (Å²) in [6.07, 6.45) is 5.75. The zero-order valence-electron chi connectivity index (χ0n) is 18.6. The summed E-state index contributed by atoms with van der Waals surface area (Å²) in [6, 6.07) is 24.7. The Morgan fingerprint density at radius 1 is 0.714 bits per heavy atom. The highest BCUT2D eigenvalue weighted by molar-refractivity contribution is 6.32. The van der Waals surface area contributed by atoms with E-state index in [1.165, 1.54) is 18.2 Å². The molecule has 176 valence electrons. The van der Waals surface area contributed by atoms with Gasteiger partial charge in [-0.25, -0.2) is 0 Å². The first kappa shape index (κ1) is 24.9. The fourth-order valence-electron chi connectivity index (χ4n) is 2.89. The number of benzene rings is 3.